The van der Waals surface area contributed by atoms with Gasteiger partial charge in [-0.05, 0) is 63.8 Å². The monoisotopic (exact) mass is 701 g/mol. The van der Waals surface area contributed by atoms with Crippen molar-refractivity contribution in [3.05, 3.63) is 225 Å². The number of fused-ring (bicyclic) bond motifs is 5. The van der Waals surface area contributed by atoms with Gasteiger partial charge in [-0.2, -0.15) is 0 Å². The molecule has 4 aromatic carbocycles. The van der Waals surface area contributed by atoms with E-state index in [1.807, 2.05) is 109 Å². The average Bonchev–Trinajstić information content (AvgIpc) is 4.00. The summed E-state index contributed by atoms with van der Waals surface area (Å²) in [5.74, 6) is 2.45. The minimum absolute atomic E-state index is 0. The zero-order valence-corrected chi connectivity index (χ0v) is 30.5. The van der Waals surface area contributed by atoms with E-state index in [4.69, 9.17) is 20.0 Å². The third-order valence-corrected chi connectivity index (χ3v) is 9.09. The molecule has 0 saturated heterocycles. The third kappa shape index (κ3) is 5.77. The molecule has 0 spiro atoms. The molecule has 8 bridgehead atoms. The number of aliphatic imine (C=N–C) groups is 3. The normalized spacial score (nSPS) is 16.1. The number of allylic oxidation sites excluding steroid dienone is 8. The van der Waals surface area contributed by atoms with Crippen molar-refractivity contribution in [2.45, 2.75) is 0 Å². The third-order valence-electron chi connectivity index (χ3n) is 9.09. The standard InChI is InChI=1S/C45H27N5.Zn/c46-28-33-27-40-43(31-17-9-3-10-18-31)38-24-23-36(48-38)41(29-13-5-1-6-14-29)34-21-22-35(47-34)42(30-15-7-2-8-16-30)37-25-26-39(49-37)44(45(33)50-40)32-19-11-4-12-20-32;/h1-27H;/q-2;+2. The minimum atomic E-state index is 0. The molecule has 5 nitrogen and oxygen atoms in total. The summed E-state index contributed by atoms with van der Waals surface area (Å²) < 4.78 is 0. The molecule has 0 unspecified atom stereocenters. The maximum atomic E-state index is 10.6. The largest absolute Gasteiger partial charge is 2.00 e. The first-order valence-corrected chi connectivity index (χ1v) is 16.5. The summed E-state index contributed by atoms with van der Waals surface area (Å²) in [6.45, 7) is 0. The van der Waals surface area contributed by atoms with Gasteiger partial charge in [-0.1, -0.05) is 133 Å². The number of hydrogen-bond acceptors (Lipinski definition) is 3. The zero-order valence-electron chi connectivity index (χ0n) is 27.5. The SMILES string of the molecule is [N-]=C=C1C=C2N=C1C(c1ccccc1)=c1ccc([n-]1)=C(c1ccccc1)C1=NC(=C(c3ccccc3)C3=NC(=C2c2ccccc2)C=C3)C=C1.[Zn+2]. The van der Waals surface area contributed by atoms with Gasteiger partial charge in [-0.15, -0.1) is 10.7 Å². The fourth-order valence-electron chi connectivity index (χ4n) is 6.85. The fourth-order valence-corrected chi connectivity index (χ4v) is 6.85. The molecule has 0 atom stereocenters. The molecule has 51 heavy (non-hydrogen) atoms. The molecule has 5 aromatic rings. The molecule has 4 aliphatic rings. The van der Waals surface area contributed by atoms with Crippen LogP contribution in [0.1, 0.15) is 22.3 Å². The van der Waals surface area contributed by atoms with Gasteiger partial charge in [0.2, 0.25) is 0 Å². The molecular formula is C45H27N5Zn. The Morgan fingerprint density at radius 3 is 1.41 bits per heavy atom. The summed E-state index contributed by atoms with van der Waals surface area (Å²) in [6, 6.07) is 44.8. The molecular weight excluding hydrogens is 676 g/mol. The van der Waals surface area contributed by atoms with Crippen LogP contribution in [0.15, 0.2) is 201 Å². The van der Waals surface area contributed by atoms with Crippen LogP contribution in [-0.4, -0.2) is 23.0 Å². The van der Waals surface area contributed by atoms with Crippen molar-refractivity contribution < 1.29 is 19.5 Å². The van der Waals surface area contributed by atoms with Crippen molar-refractivity contribution in [2.75, 3.05) is 0 Å². The van der Waals surface area contributed by atoms with Gasteiger partial charge in [0.15, 0.2) is 0 Å². The number of benzene rings is 4. The molecule has 4 aliphatic heterocycles. The van der Waals surface area contributed by atoms with Gasteiger partial charge < -0.3 is 10.4 Å². The Morgan fingerprint density at radius 1 is 0.451 bits per heavy atom. The zero-order chi connectivity index (χ0) is 33.4. The van der Waals surface area contributed by atoms with Crippen molar-refractivity contribution in [1.29, 1.82) is 0 Å². The van der Waals surface area contributed by atoms with Crippen molar-refractivity contribution >= 4 is 45.3 Å². The molecule has 9 rings (SSSR count). The number of hydrogen-bond donors (Lipinski definition) is 0. The van der Waals surface area contributed by atoms with E-state index in [-0.39, 0.29) is 19.5 Å². The van der Waals surface area contributed by atoms with Crippen LogP contribution in [0.3, 0.4) is 0 Å². The molecule has 6 heteroatoms. The summed E-state index contributed by atoms with van der Waals surface area (Å²) in [7, 11) is 0. The first-order chi connectivity index (χ1) is 24.7. The summed E-state index contributed by atoms with van der Waals surface area (Å²) in [4.78, 5) is 21.1. The summed E-state index contributed by atoms with van der Waals surface area (Å²) >= 11 is 0. The van der Waals surface area contributed by atoms with Gasteiger partial charge in [-0.3, -0.25) is 5.87 Å². The maximum Gasteiger partial charge on any atom is 2.00 e. The predicted octanol–water partition coefficient (Wildman–Crippen LogP) is 7.40. The Balaban J connectivity index is 0.00000374. The van der Waals surface area contributed by atoms with E-state index in [0.29, 0.717) is 17.0 Å². The van der Waals surface area contributed by atoms with Gasteiger partial charge in [-0.25, -0.2) is 15.0 Å². The van der Waals surface area contributed by atoms with Crippen molar-refractivity contribution in [3.63, 3.8) is 0 Å². The fraction of sp³-hybridized carbons (Fsp3) is 0. The topological polar surface area (TPSA) is 73.5 Å². The molecule has 234 valence electrons. The van der Waals surface area contributed by atoms with E-state index >= 15 is 0 Å². The second-order valence-corrected chi connectivity index (χ2v) is 12.1. The molecule has 0 aliphatic carbocycles. The van der Waals surface area contributed by atoms with Gasteiger partial charge in [0.1, 0.15) is 0 Å². The number of rotatable bonds is 4. The smallest absolute Gasteiger partial charge is 0.763 e. The van der Waals surface area contributed by atoms with Crippen LogP contribution < -0.4 is 15.7 Å². The number of aromatic nitrogens is 1. The summed E-state index contributed by atoms with van der Waals surface area (Å²) in [5, 5.41) is 12.1. The van der Waals surface area contributed by atoms with E-state index in [0.717, 1.165) is 78.1 Å². The van der Waals surface area contributed by atoms with Crippen molar-refractivity contribution in [3.8, 4) is 0 Å². The van der Waals surface area contributed by atoms with Crippen LogP contribution in [0.25, 0.3) is 27.7 Å². The van der Waals surface area contributed by atoms with E-state index in [9.17, 15) is 5.41 Å². The average molecular weight is 703 g/mol. The maximum absolute atomic E-state index is 10.6. The van der Waals surface area contributed by atoms with Crippen LogP contribution in [0.4, 0.5) is 0 Å². The van der Waals surface area contributed by atoms with Gasteiger partial charge in [0, 0.05) is 16.7 Å². The molecule has 0 radical (unpaired) electrons. The molecule has 5 heterocycles. The van der Waals surface area contributed by atoms with Gasteiger partial charge >= 0.3 is 19.5 Å². The quantitative estimate of drug-likeness (QED) is 0.142. The van der Waals surface area contributed by atoms with Crippen LogP contribution in [0.5, 0.6) is 0 Å². The second kappa shape index (κ2) is 13.5. The molecule has 1 aromatic heterocycles. The van der Waals surface area contributed by atoms with Gasteiger partial charge in [0.05, 0.1) is 34.2 Å². The Bertz CT molecular complexity index is 2640. The van der Waals surface area contributed by atoms with E-state index in [1.165, 1.54) is 0 Å². The Hall–Kier alpha value is -6.32. The Kier molecular flexibility index (Phi) is 8.47. The van der Waals surface area contributed by atoms with Crippen LogP contribution >= 0.6 is 0 Å². The molecule has 0 fully saturated rings. The minimum Gasteiger partial charge on any atom is -0.763 e. The summed E-state index contributed by atoms with van der Waals surface area (Å²) in [5.41, 5.74) is 12.3. The van der Waals surface area contributed by atoms with Gasteiger partial charge in [0.25, 0.3) is 0 Å². The first-order valence-electron chi connectivity index (χ1n) is 16.5. The van der Waals surface area contributed by atoms with Crippen LogP contribution in [0, 0.1) is 0 Å². The molecule has 0 amide bonds. The Morgan fingerprint density at radius 2 is 0.882 bits per heavy atom. The van der Waals surface area contributed by atoms with E-state index in [1.54, 1.807) is 0 Å². The van der Waals surface area contributed by atoms with Crippen molar-refractivity contribution in [1.82, 2.24) is 4.98 Å². The van der Waals surface area contributed by atoms with E-state index in [2.05, 4.69) is 60.5 Å². The second-order valence-electron chi connectivity index (χ2n) is 12.1. The van der Waals surface area contributed by atoms with Crippen molar-refractivity contribution in [2.24, 2.45) is 15.0 Å². The predicted molar refractivity (Wildman–Crippen MR) is 204 cm³/mol. The summed E-state index contributed by atoms with van der Waals surface area (Å²) in [6.07, 6.45) is 10.1. The molecule has 0 saturated carbocycles. The first kappa shape index (κ1) is 31.9. The van der Waals surface area contributed by atoms with Crippen LogP contribution in [-0.2, 0) is 19.5 Å². The Labute approximate surface area is 308 Å². The molecule has 0 N–H and O–H groups in total. The van der Waals surface area contributed by atoms with E-state index < -0.39 is 0 Å². The van der Waals surface area contributed by atoms with Crippen LogP contribution in [0.2, 0.25) is 0 Å². The number of nitrogens with zero attached hydrogens (tertiary/aromatic N) is 5.